The molecule has 0 aromatic carbocycles. The topological polar surface area (TPSA) is 119 Å². The first kappa shape index (κ1) is 13.2. The first-order chi connectivity index (χ1) is 9.02. The minimum absolute atomic E-state index is 0.0399. The second kappa shape index (κ2) is 5.19. The average Bonchev–Trinajstić information content (AvgIpc) is 2.83. The summed E-state index contributed by atoms with van der Waals surface area (Å²) in [5.41, 5.74) is 5.11. The van der Waals surface area contributed by atoms with Gasteiger partial charge in [-0.25, -0.2) is 4.79 Å². The molecule has 0 bridgehead atoms. The van der Waals surface area contributed by atoms with Crippen LogP contribution in [-0.4, -0.2) is 53.0 Å². The molecule has 2 heterocycles. The van der Waals surface area contributed by atoms with Crippen molar-refractivity contribution < 1.29 is 19.4 Å². The average molecular weight is 266 g/mol. The van der Waals surface area contributed by atoms with E-state index in [2.05, 4.69) is 10.2 Å². The molecule has 3 N–H and O–H groups in total. The normalized spacial score (nSPS) is 22.5. The van der Waals surface area contributed by atoms with Gasteiger partial charge in [-0.2, -0.15) is 0 Å². The Balaban J connectivity index is 2.23. The van der Waals surface area contributed by atoms with Gasteiger partial charge in [-0.05, 0) is 12.1 Å². The molecule has 1 amide bonds. The number of ether oxygens (including phenoxy) is 1. The summed E-state index contributed by atoms with van der Waals surface area (Å²) in [5, 5.41) is 16.7. The fourth-order valence-electron chi connectivity index (χ4n) is 2.07. The molecule has 1 aromatic heterocycles. The SMILES string of the molecule is COC1CC(C(=O)O)N(c2ccc(C(N)=O)nn2)C1. The number of amides is 1. The molecule has 1 fully saturated rings. The molecule has 0 spiro atoms. The Labute approximate surface area is 109 Å². The van der Waals surface area contributed by atoms with E-state index < -0.39 is 17.9 Å². The number of hydrogen-bond donors (Lipinski definition) is 2. The molecule has 1 aliphatic heterocycles. The van der Waals surface area contributed by atoms with Crippen molar-refractivity contribution in [2.45, 2.75) is 18.6 Å². The number of aromatic nitrogens is 2. The first-order valence-corrected chi connectivity index (χ1v) is 5.68. The highest BCUT2D eigenvalue weighted by Crippen LogP contribution is 2.25. The standard InChI is InChI=1S/C11H14N4O4/c1-19-6-4-8(11(17)18)15(5-6)9-3-2-7(10(12)16)13-14-9/h2-3,6,8H,4-5H2,1H3,(H2,12,16)(H,17,18). The van der Waals surface area contributed by atoms with Gasteiger partial charge in [0.05, 0.1) is 6.10 Å². The van der Waals surface area contributed by atoms with Gasteiger partial charge in [-0.1, -0.05) is 0 Å². The number of nitrogens with zero attached hydrogens (tertiary/aromatic N) is 3. The number of aliphatic carboxylic acids is 1. The van der Waals surface area contributed by atoms with Crippen molar-refractivity contribution in [3.8, 4) is 0 Å². The van der Waals surface area contributed by atoms with Crippen LogP contribution in [0, 0.1) is 0 Å². The molecule has 0 saturated carbocycles. The Morgan fingerprint density at radius 2 is 2.21 bits per heavy atom. The monoisotopic (exact) mass is 266 g/mol. The van der Waals surface area contributed by atoms with Crippen molar-refractivity contribution in [3.05, 3.63) is 17.8 Å². The van der Waals surface area contributed by atoms with Gasteiger partial charge in [0.2, 0.25) is 0 Å². The van der Waals surface area contributed by atoms with Gasteiger partial charge in [-0.15, -0.1) is 10.2 Å². The summed E-state index contributed by atoms with van der Waals surface area (Å²) in [6.07, 6.45) is 0.212. The number of hydrogen-bond acceptors (Lipinski definition) is 6. The molecular weight excluding hydrogens is 252 g/mol. The third-order valence-electron chi connectivity index (χ3n) is 3.08. The third kappa shape index (κ3) is 2.63. The highest BCUT2D eigenvalue weighted by Gasteiger charge is 2.37. The summed E-state index contributed by atoms with van der Waals surface area (Å²) < 4.78 is 5.18. The van der Waals surface area contributed by atoms with Gasteiger partial charge >= 0.3 is 5.97 Å². The van der Waals surface area contributed by atoms with E-state index in [4.69, 9.17) is 10.5 Å². The molecule has 8 heteroatoms. The smallest absolute Gasteiger partial charge is 0.326 e. The number of nitrogens with two attached hydrogens (primary N) is 1. The Morgan fingerprint density at radius 1 is 1.47 bits per heavy atom. The van der Waals surface area contributed by atoms with Crippen molar-refractivity contribution in [1.82, 2.24) is 10.2 Å². The molecule has 1 saturated heterocycles. The lowest BCUT2D eigenvalue weighted by Gasteiger charge is -2.21. The predicted octanol–water partition coefficient (Wildman–Crippen LogP) is -0.746. The van der Waals surface area contributed by atoms with Crippen LogP contribution in [0.2, 0.25) is 0 Å². The fraction of sp³-hybridized carbons (Fsp3) is 0.455. The quantitative estimate of drug-likeness (QED) is 0.736. The second-order valence-electron chi connectivity index (χ2n) is 4.24. The number of carboxylic acids is 1. The number of carboxylic acid groups (broad SMARTS) is 1. The van der Waals surface area contributed by atoms with Gasteiger partial charge in [0.25, 0.3) is 5.91 Å². The van der Waals surface area contributed by atoms with Crippen molar-refractivity contribution in [2.75, 3.05) is 18.6 Å². The Hall–Kier alpha value is -2.22. The van der Waals surface area contributed by atoms with Crippen molar-refractivity contribution >= 4 is 17.7 Å². The Kier molecular flexibility index (Phi) is 3.61. The molecule has 0 aliphatic carbocycles. The number of primary amides is 1. The summed E-state index contributed by atoms with van der Waals surface area (Å²) in [6.45, 7) is 0.415. The van der Waals surface area contributed by atoms with Crippen LogP contribution in [0.5, 0.6) is 0 Å². The molecular formula is C11H14N4O4. The third-order valence-corrected chi connectivity index (χ3v) is 3.08. The summed E-state index contributed by atoms with van der Waals surface area (Å²) >= 11 is 0. The van der Waals surface area contributed by atoms with E-state index in [0.29, 0.717) is 18.8 Å². The van der Waals surface area contributed by atoms with E-state index in [-0.39, 0.29) is 11.8 Å². The van der Waals surface area contributed by atoms with Crippen molar-refractivity contribution in [2.24, 2.45) is 5.73 Å². The summed E-state index contributed by atoms with van der Waals surface area (Å²) in [6, 6.07) is 2.24. The van der Waals surface area contributed by atoms with Crippen molar-refractivity contribution in [1.29, 1.82) is 0 Å². The van der Waals surface area contributed by atoms with E-state index in [9.17, 15) is 14.7 Å². The lowest BCUT2D eigenvalue weighted by molar-refractivity contribution is -0.138. The van der Waals surface area contributed by atoms with Crippen LogP contribution in [0.3, 0.4) is 0 Å². The van der Waals surface area contributed by atoms with E-state index in [1.165, 1.54) is 19.2 Å². The maximum Gasteiger partial charge on any atom is 0.326 e. The highest BCUT2D eigenvalue weighted by molar-refractivity contribution is 5.90. The van der Waals surface area contributed by atoms with Crippen LogP contribution >= 0.6 is 0 Å². The minimum Gasteiger partial charge on any atom is -0.480 e. The lowest BCUT2D eigenvalue weighted by atomic mass is 10.2. The van der Waals surface area contributed by atoms with E-state index in [1.807, 2.05) is 0 Å². The van der Waals surface area contributed by atoms with Crippen molar-refractivity contribution in [3.63, 3.8) is 0 Å². The number of anilines is 1. The van der Waals surface area contributed by atoms with Crippen LogP contribution in [0.1, 0.15) is 16.9 Å². The molecule has 2 atom stereocenters. The number of rotatable bonds is 4. The molecule has 1 aliphatic rings. The van der Waals surface area contributed by atoms with Gasteiger partial charge in [0.15, 0.2) is 11.5 Å². The predicted molar refractivity (Wildman–Crippen MR) is 64.7 cm³/mol. The first-order valence-electron chi connectivity index (χ1n) is 5.68. The van der Waals surface area contributed by atoms with Crippen LogP contribution in [0.25, 0.3) is 0 Å². The molecule has 0 radical (unpaired) electrons. The van der Waals surface area contributed by atoms with E-state index >= 15 is 0 Å². The number of carbonyl (C=O) groups excluding carboxylic acids is 1. The molecule has 102 valence electrons. The Morgan fingerprint density at radius 3 is 2.68 bits per heavy atom. The molecule has 2 unspecified atom stereocenters. The summed E-state index contributed by atoms with van der Waals surface area (Å²) in [5.74, 6) is -1.23. The van der Waals surface area contributed by atoms with Crippen LogP contribution < -0.4 is 10.6 Å². The van der Waals surface area contributed by atoms with Crippen LogP contribution in [-0.2, 0) is 9.53 Å². The fourth-order valence-corrected chi connectivity index (χ4v) is 2.07. The molecule has 1 aromatic rings. The molecule has 8 nitrogen and oxygen atoms in total. The second-order valence-corrected chi connectivity index (χ2v) is 4.24. The van der Waals surface area contributed by atoms with Crippen LogP contribution in [0.15, 0.2) is 12.1 Å². The Bertz CT molecular complexity index is 490. The minimum atomic E-state index is -0.944. The van der Waals surface area contributed by atoms with E-state index in [1.54, 1.807) is 4.90 Å². The largest absolute Gasteiger partial charge is 0.480 e. The van der Waals surface area contributed by atoms with Gasteiger partial charge < -0.3 is 20.5 Å². The van der Waals surface area contributed by atoms with Gasteiger partial charge in [0.1, 0.15) is 6.04 Å². The van der Waals surface area contributed by atoms with E-state index in [0.717, 1.165) is 0 Å². The zero-order valence-corrected chi connectivity index (χ0v) is 10.3. The lowest BCUT2D eigenvalue weighted by Crippen LogP contribution is -2.36. The molecule has 19 heavy (non-hydrogen) atoms. The number of methoxy groups -OCH3 is 1. The summed E-state index contributed by atoms with van der Waals surface area (Å²) in [7, 11) is 1.54. The van der Waals surface area contributed by atoms with Gasteiger partial charge in [0, 0.05) is 20.1 Å². The summed E-state index contributed by atoms with van der Waals surface area (Å²) in [4.78, 5) is 23.7. The molecule has 2 rings (SSSR count). The maximum atomic E-state index is 11.2. The van der Waals surface area contributed by atoms with Gasteiger partial charge in [-0.3, -0.25) is 4.79 Å². The highest BCUT2D eigenvalue weighted by atomic mass is 16.5. The maximum absolute atomic E-state index is 11.2. The zero-order valence-electron chi connectivity index (χ0n) is 10.3. The zero-order chi connectivity index (χ0) is 14.0. The number of carbonyl (C=O) groups is 2. The van der Waals surface area contributed by atoms with Crippen LogP contribution in [0.4, 0.5) is 5.82 Å².